The lowest BCUT2D eigenvalue weighted by atomic mass is 10.1. The molecule has 3 nitrogen and oxygen atoms in total. The minimum absolute atomic E-state index is 0.376. The van der Waals surface area contributed by atoms with E-state index in [2.05, 4.69) is 16.2 Å². The van der Waals surface area contributed by atoms with Crippen molar-refractivity contribution in [3.8, 4) is 0 Å². The van der Waals surface area contributed by atoms with Crippen LogP contribution in [0, 0.1) is 0 Å². The zero-order valence-corrected chi connectivity index (χ0v) is 8.33. The fraction of sp³-hybridized carbons (Fsp3) is 0.818. The molecule has 3 heteroatoms. The number of rotatable bonds is 1. The van der Waals surface area contributed by atoms with E-state index in [1.165, 1.54) is 25.7 Å². The minimum atomic E-state index is 0.376. The number of likely N-dealkylation sites (tertiary alicyclic amines) is 1. The third kappa shape index (κ3) is 1.13. The van der Waals surface area contributed by atoms with Crippen LogP contribution in [0.15, 0.2) is 5.70 Å². The van der Waals surface area contributed by atoms with Gasteiger partial charge in [-0.15, -0.1) is 0 Å². The quantitative estimate of drug-likeness (QED) is 0.620. The van der Waals surface area contributed by atoms with Crippen LogP contribution in [-0.2, 0) is 4.79 Å². The molecule has 2 bridgehead atoms. The first-order valence-electron chi connectivity index (χ1n) is 5.66. The average Bonchev–Trinajstić information content (AvgIpc) is 2.91. The van der Waals surface area contributed by atoms with Crippen molar-refractivity contribution in [3.63, 3.8) is 0 Å². The van der Waals surface area contributed by atoms with Gasteiger partial charge < -0.3 is 5.32 Å². The second-order valence-corrected chi connectivity index (χ2v) is 4.74. The van der Waals surface area contributed by atoms with Crippen molar-refractivity contribution in [3.05, 3.63) is 5.70 Å². The number of hydrogen-bond acceptors (Lipinski definition) is 3. The van der Waals surface area contributed by atoms with Gasteiger partial charge in [-0.2, -0.15) is 0 Å². The maximum absolute atomic E-state index is 10.7. The van der Waals surface area contributed by atoms with Crippen LogP contribution in [0.4, 0.5) is 0 Å². The highest BCUT2D eigenvalue weighted by molar-refractivity contribution is 5.56. The van der Waals surface area contributed by atoms with Crippen LogP contribution in [0.3, 0.4) is 0 Å². The Balaban J connectivity index is 1.79. The lowest BCUT2D eigenvalue weighted by molar-refractivity contribution is 0.182. The SMILES string of the molecule is O=C=C1N[C@@H]2C[C@H]1N(C1CCCC1)C2. The summed E-state index contributed by atoms with van der Waals surface area (Å²) in [6.07, 6.45) is 6.52. The Hall–Kier alpha value is -0.790. The van der Waals surface area contributed by atoms with E-state index < -0.39 is 0 Å². The number of nitrogens with zero attached hydrogens (tertiary/aromatic N) is 1. The van der Waals surface area contributed by atoms with Gasteiger partial charge in [-0.3, -0.25) is 4.90 Å². The van der Waals surface area contributed by atoms with E-state index in [1.807, 2.05) is 0 Å². The Morgan fingerprint density at radius 3 is 2.79 bits per heavy atom. The molecule has 2 saturated heterocycles. The Kier molecular flexibility index (Phi) is 1.89. The van der Waals surface area contributed by atoms with Gasteiger partial charge >= 0.3 is 0 Å². The first-order valence-corrected chi connectivity index (χ1v) is 5.66. The smallest absolute Gasteiger partial charge is 0.147 e. The van der Waals surface area contributed by atoms with Gasteiger partial charge in [-0.25, -0.2) is 4.79 Å². The molecule has 2 aliphatic heterocycles. The van der Waals surface area contributed by atoms with Crippen LogP contribution in [-0.4, -0.2) is 35.5 Å². The van der Waals surface area contributed by atoms with Crippen LogP contribution in [0.1, 0.15) is 32.1 Å². The highest BCUT2D eigenvalue weighted by atomic mass is 16.1. The predicted molar refractivity (Wildman–Crippen MR) is 53.5 cm³/mol. The van der Waals surface area contributed by atoms with Crippen molar-refractivity contribution < 1.29 is 4.79 Å². The second-order valence-electron chi connectivity index (χ2n) is 4.74. The summed E-state index contributed by atoms with van der Waals surface area (Å²) in [6, 6.07) is 1.65. The van der Waals surface area contributed by atoms with E-state index in [4.69, 9.17) is 0 Å². The summed E-state index contributed by atoms with van der Waals surface area (Å²) in [7, 11) is 0. The summed E-state index contributed by atoms with van der Waals surface area (Å²) < 4.78 is 0. The molecule has 0 spiro atoms. The highest BCUT2D eigenvalue weighted by Gasteiger charge is 2.45. The molecule has 3 fully saturated rings. The molecule has 1 aliphatic carbocycles. The standard InChI is InChI=1S/C11H16N2O/c14-7-10-11-5-8(12-10)6-13(11)9-3-1-2-4-9/h8-9,11-12H,1-6H2/t8-,11-/m1/s1. The maximum atomic E-state index is 10.7. The molecule has 2 atom stereocenters. The van der Waals surface area contributed by atoms with Gasteiger partial charge in [0.2, 0.25) is 0 Å². The van der Waals surface area contributed by atoms with E-state index in [0.717, 1.165) is 24.7 Å². The van der Waals surface area contributed by atoms with Gasteiger partial charge in [0, 0.05) is 18.6 Å². The van der Waals surface area contributed by atoms with E-state index in [9.17, 15) is 4.79 Å². The van der Waals surface area contributed by atoms with Gasteiger partial charge in [-0.1, -0.05) is 12.8 Å². The monoisotopic (exact) mass is 192 g/mol. The molecular formula is C11H16N2O. The van der Waals surface area contributed by atoms with Gasteiger partial charge in [-0.05, 0) is 19.3 Å². The third-order valence-corrected chi connectivity index (χ3v) is 3.94. The molecule has 0 unspecified atom stereocenters. The van der Waals surface area contributed by atoms with Crippen LogP contribution < -0.4 is 5.32 Å². The molecule has 3 rings (SSSR count). The van der Waals surface area contributed by atoms with E-state index in [0.29, 0.717) is 12.1 Å². The van der Waals surface area contributed by atoms with Gasteiger partial charge in [0.05, 0.1) is 6.04 Å². The molecule has 0 radical (unpaired) electrons. The number of nitrogens with one attached hydrogen (secondary N) is 1. The van der Waals surface area contributed by atoms with Crippen molar-refractivity contribution >= 4 is 5.94 Å². The molecule has 14 heavy (non-hydrogen) atoms. The lowest BCUT2D eigenvalue weighted by Gasteiger charge is -2.33. The highest BCUT2D eigenvalue weighted by Crippen LogP contribution is 2.35. The first kappa shape index (κ1) is 8.51. The fourth-order valence-electron chi connectivity index (χ4n) is 3.30. The number of carbonyl (C=O) groups excluding carboxylic acids is 1. The Labute approximate surface area is 84.2 Å². The van der Waals surface area contributed by atoms with Gasteiger partial charge in [0.25, 0.3) is 0 Å². The summed E-state index contributed by atoms with van der Waals surface area (Å²) in [6.45, 7) is 1.14. The zero-order chi connectivity index (χ0) is 9.54. The summed E-state index contributed by atoms with van der Waals surface area (Å²) in [5.74, 6) is 2.06. The maximum Gasteiger partial charge on any atom is 0.147 e. The molecule has 0 amide bonds. The molecule has 3 aliphatic rings. The van der Waals surface area contributed by atoms with Crippen molar-refractivity contribution in [1.29, 1.82) is 0 Å². The first-order chi connectivity index (χ1) is 6.88. The van der Waals surface area contributed by atoms with Gasteiger partial charge in [0.1, 0.15) is 11.6 Å². The summed E-state index contributed by atoms with van der Waals surface area (Å²) in [5.41, 5.74) is 0.813. The molecule has 0 aromatic rings. The average molecular weight is 192 g/mol. The van der Waals surface area contributed by atoms with Crippen LogP contribution in [0.5, 0.6) is 0 Å². The summed E-state index contributed by atoms with van der Waals surface area (Å²) in [4.78, 5) is 13.2. The fourth-order valence-corrected chi connectivity index (χ4v) is 3.30. The lowest BCUT2D eigenvalue weighted by Crippen LogP contribution is -2.46. The number of fused-ring (bicyclic) bond motifs is 2. The van der Waals surface area contributed by atoms with Crippen molar-refractivity contribution in [2.45, 2.75) is 50.2 Å². The van der Waals surface area contributed by atoms with E-state index in [-0.39, 0.29) is 0 Å². The second kappa shape index (κ2) is 3.11. The van der Waals surface area contributed by atoms with Crippen molar-refractivity contribution in [2.75, 3.05) is 6.54 Å². The molecule has 0 aromatic carbocycles. The van der Waals surface area contributed by atoms with E-state index in [1.54, 1.807) is 0 Å². The summed E-state index contributed by atoms with van der Waals surface area (Å²) in [5, 5.41) is 3.24. The Morgan fingerprint density at radius 1 is 1.36 bits per heavy atom. The number of piperazine rings is 1. The molecule has 76 valence electrons. The van der Waals surface area contributed by atoms with Gasteiger partial charge in [0.15, 0.2) is 0 Å². The van der Waals surface area contributed by atoms with E-state index >= 15 is 0 Å². The predicted octanol–water partition coefficient (Wildman–Crippen LogP) is 0.691. The van der Waals surface area contributed by atoms with Crippen molar-refractivity contribution in [1.82, 2.24) is 10.2 Å². The topological polar surface area (TPSA) is 32.3 Å². The number of hydrogen-bond donors (Lipinski definition) is 1. The largest absolute Gasteiger partial charge is 0.374 e. The summed E-state index contributed by atoms with van der Waals surface area (Å²) >= 11 is 0. The Morgan fingerprint density at radius 2 is 2.14 bits per heavy atom. The minimum Gasteiger partial charge on any atom is -0.374 e. The van der Waals surface area contributed by atoms with Crippen LogP contribution in [0.25, 0.3) is 0 Å². The molecular weight excluding hydrogens is 176 g/mol. The molecule has 0 aromatic heterocycles. The van der Waals surface area contributed by atoms with Crippen LogP contribution >= 0.6 is 0 Å². The Bertz CT molecular complexity index is 290. The normalized spacial score (nSPS) is 37.6. The third-order valence-electron chi connectivity index (χ3n) is 3.94. The molecule has 2 heterocycles. The molecule has 1 saturated carbocycles. The zero-order valence-electron chi connectivity index (χ0n) is 8.33. The van der Waals surface area contributed by atoms with Crippen molar-refractivity contribution in [2.24, 2.45) is 0 Å². The van der Waals surface area contributed by atoms with Crippen LogP contribution in [0.2, 0.25) is 0 Å². The molecule has 1 N–H and O–H groups in total.